The third-order valence-electron chi connectivity index (χ3n) is 2.68. The summed E-state index contributed by atoms with van der Waals surface area (Å²) in [5, 5.41) is 12.2. The molecule has 1 amide bonds. The Balaban J connectivity index is 2.79. The highest BCUT2D eigenvalue weighted by Crippen LogP contribution is 2.23. The van der Waals surface area contributed by atoms with Crippen LogP contribution in [0, 0.1) is 5.92 Å². The molecule has 0 aliphatic rings. The monoisotopic (exact) mass is 303 g/mol. The van der Waals surface area contributed by atoms with Crippen molar-refractivity contribution in [2.24, 2.45) is 16.8 Å². The van der Waals surface area contributed by atoms with E-state index >= 15 is 0 Å². The molecule has 5 nitrogen and oxygen atoms in total. The summed E-state index contributed by atoms with van der Waals surface area (Å²) >= 11 is 11.7. The number of carbonyl (C=O) groups excluding carboxylic acids is 1. The summed E-state index contributed by atoms with van der Waals surface area (Å²) in [5.74, 6) is -0.383. The Hall–Kier alpha value is -1.46. The molecule has 0 spiro atoms. The van der Waals surface area contributed by atoms with Crippen LogP contribution in [0.4, 0.5) is 0 Å². The summed E-state index contributed by atoms with van der Waals surface area (Å²) in [6.07, 6.45) is 0. The smallest absolute Gasteiger partial charge is 0.253 e. The van der Waals surface area contributed by atoms with Gasteiger partial charge in [-0.05, 0) is 18.2 Å². The van der Waals surface area contributed by atoms with E-state index in [4.69, 9.17) is 34.1 Å². The third kappa shape index (κ3) is 4.01. The van der Waals surface area contributed by atoms with Crippen LogP contribution >= 0.6 is 23.2 Å². The van der Waals surface area contributed by atoms with Crippen LogP contribution in [0.15, 0.2) is 23.4 Å². The first-order valence-corrected chi connectivity index (χ1v) is 6.30. The van der Waals surface area contributed by atoms with Crippen LogP contribution in [0.1, 0.15) is 17.3 Å². The van der Waals surface area contributed by atoms with Crippen molar-refractivity contribution in [1.82, 2.24) is 4.90 Å². The van der Waals surface area contributed by atoms with Gasteiger partial charge in [0, 0.05) is 25.1 Å². The van der Waals surface area contributed by atoms with Crippen LogP contribution in [-0.2, 0) is 0 Å². The van der Waals surface area contributed by atoms with Crippen molar-refractivity contribution in [2.75, 3.05) is 13.6 Å². The second kappa shape index (κ2) is 6.63. The highest BCUT2D eigenvalue weighted by Gasteiger charge is 2.17. The number of halogens is 2. The van der Waals surface area contributed by atoms with Crippen LogP contribution in [0.25, 0.3) is 0 Å². The minimum atomic E-state index is -0.248. The van der Waals surface area contributed by atoms with Crippen molar-refractivity contribution in [3.63, 3.8) is 0 Å². The zero-order chi connectivity index (χ0) is 14.6. The predicted molar refractivity (Wildman–Crippen MR) is 76.0 cm³/mol. The number of rotatable bonds is 4. The van der Waals surface area contributed by atoms with Gasteiger partial charge in [0.05, 0.1) is 10.0 Å². The molecule has 1 atom stereocenters. The van der Waals surface area contributed by atoms with Crippen molar-refractivity contribution in [2.45, 2.75) is 6.92 Å². The Morgan fingerprint density at radius 2 is 2.11 bits per heavy atom. The SMILES string of the molecule is CC(CN(C)C(=O)c1ccc(Cl)c(Cl)c1)/C(N)=N/O. The van der Waals surface area contributed by atoms with Crippen molar-refractivity contribution < 1.29 is 10.0 Å². The molecule has 0 aromatic heterocycles. The number of nitrogens with zero attached hydrogens (tertiary/aromatic N) is 2. The van der Waals surface area contributed by atoms with Crippen molar-refractivity contribution in [1.29, 1.82) is 0 Å². The molecule has 0 aliphatic carbocycles. The number of oxime groups is 1. The Kier molecular flexibility index (Phi) is 5.44. The second-order valence-corrected chi connectivity index (χ2v) is 5.05. The quantitative estimate of drug-likeness (QED) is 0.388. The fraction of sp³-hybridized carbons (Fsp3) is 0.333. The number of amides is 1. The maximum Gasteiger partial charge on any atom is 0.253 e. The lowest BCUT2D eigenvalue weighted by Crippen LogP contribution is -2.36. The minimum Gasteiger partial charge on any atom is -0.409 e. The molecule has 0 radical (unpaired) electrons. The summed E-state index contributed by atoms with van der Waals surface area (Å²) in [6, 6.07) is 4.68. The molecule has 104 valence electrons. The molecule has 0 fully saturated rings. The van der Waals surface area contributed by atoms with Gasteiger partial charge in [-0.1, -0.05) is 35.3 Å². The fourth-order valence-electron chi connectivity index (χ4n) is 1.54. The van der Waals surface area contributed by atoms with E-state index in [1.807, 2.05) is 0 Å². The van der Waals surface area contributed by atoms with Gasteiger partial charge in [0.2, 0.25) is 0 Å². The topological polar surface area (TPSA) is 78.9 Å². The second-order valence-electron chi connectivity index (χ2n) is 4.24. The number of amidine groups is 1. The molecular formula is C12H15Cl2N3O2. The number of hydrogen-bond donors (Lipinski definition) is 2. The van der Waals surface area contributed by atoms with Crippen molar-refractivity contribution >= 4 is 34.9 Å². The fourth-order valence-corrected chi connectivity index (χ4v) is 1.83. The summed E-state index contributed by atoms with van der Waals surface area (Å²) < 4.78 is 0. The van der Waals surface area contributed by atoms with E-state index in [0.717, 1.165) is 0 Å². The largest absolute Gasteiger partial charge is 0.409 e. The van der Waals surface area contributed by atoms with E-state index in [9.17, 15) is 4.79 Å². The first-order chi connectivity index (χ1) is 8.86. The van der Waals surface area contributed by atoms with Crippen LogP contribution in [0.3, 0.4) is 0 Å². The maximum absolute atomic E-state index is 12.1. The van der Waals surface area contributed by atoms with Crippen LogP contribution in [-0.4, -0.2) is 35.4 Å². The van der Waals surface area contributed by atoms with Gasteiger partial charge >= 0.3 is 0 Å². The first-order valence-electron chi connectivity index (χ1n) is 5.54. The molecule has 0 saturated carbocycles. The van der Waals surface area contributed by atoms with Gasteiger partial charge in [-0.2, -0.15) is 0 Å². The molecule has 0 aliphatic heterocycles. The maximum atomic E-state index is 12.1. The van der Waals surface area contributed by atoms with Crippen molar-refractivity contribution in [3.05, 3.63) is 33.8 Å². The number of nitrogens with two attached hydrogens (primary N) is 1. The lowest BCUT2D eigenvalue weighted by molar-refractivity contribution is 0.0786. The highest BCUT2D eigenvalue weighted by atomic mass is 35.5. The van der Waals surface area contributed by atoms with Crippen molar-refractivity contribution in [3.8, 4) is 0 Å². The van der Waals surface area contributed by atoms with Crippen LogP contribution in [0.5, 0.6) is 0 Å². The molecule has 1 rings (SSSR count). The molecule has 0 saturated heterocycles. The van der Waals surface area contributed by atoms with Gasteiger partial charge in [-0.15, -0.1) is 0 Å². The standard InChI is InChI=1S/C12H15Cl2N3O2/c1-7(11(15)16-19)6-17(2)12(18)8-3-4-9(13)10(14)5-8/h3-5,7,19H,6H2,1-2H3,(H2,15,16). The summed E-state index contributed by atoms with van der Waals surface area (Å²) in [6.45, 7) is 2.09. The molecule has 1 aromatic rings. The summed E-state index contributed by atoms with van der Waals surface area (Å²) in [7, 11) is 1.63. The molecule has 0 bridgehead atoms. The van der Waals surface area contributed by atoms with E-state index < -0.39 is 0 Å². The van der Waals surface area contributed by atoms with E-state index in [1.54, 1.807) is 26.1 Å². The van der Waals surface area contributed by atoms with E-state index in [1.165, 1.54) is 11.0 Å². The predicted octanol–water partition coefficient (Wildman–Crippen LogP) is 2.45. The Morgan fingerprint density at radius 3 is 2.63 bits per heavy atom. The zero-order valence-electron chi connectivity index (χ0n) is 10.6. The molecule has 0 heterocycles. The lowest BCUT2D eigenvalue weighted by atomic mass is 10.1. The van der Waals surface area contributed by atoms with Gasteiger partial charge in [0.25, 0.3) is 5.91 Å². The number of hydrogen-bond acceptors (Lipinski definition) is 3. The van der Waals surface area contributed by atoms with Crippen LogP contribution < -0.4 is 5.73 Å². The number of benzene rings is 1. The average molecular weight is 304 g/mol. The van der Waals surface area contributed by atoms with Gasteiger partial charge in [-0.3, -0.25) is 4.79 Å². The molecule has 1 aromatic carbocycles. The van der Waals surface area contributed by atoms with Gasteiger partial charge in [0.1, 0.15) is 5.84 Å². The zero-order valence-corrected chi connectivity index (χ0v) is 12.1. The van der Waals surface area contributed by atoms with E-state index in [2.05, 4.69) is 5.16 Å². The minimum absolute atomic E-state index is 0.0776. The normalized spacial score (nSPS) is 13.2. The summed E-state index contributed by atoms with van der Waals surface area (Å²) in [4.78, 5) is 13.6. The highest BCUT2D eigenvalue weighted by molar-refractivity contribution is 6.42. The van der Waals surface area contributed by atoms with E-state index in [0.29, 0.717) is 22.2 Å². The Labute approximate surface area is 121 Å². The van der Waals surface area contributed by atoms with Gasteiger partial charge in [-0.25, -0.2) is 0 Å². The lowest BCUT2D eigenvalue weighted by Gasteiger charge is -2.21. The molecule has 1 unspecified atom stereocenters. The Bertz CT molecular complexity index is 506. The molecule has 3 N–H and O–H groups in total. The first kappa shape index (κ1) is 15.6. The Morgan fingerprint density at radius 1 is 1.47 bits per heavy atom. The number of carbonyl (C=O) groups is 1. The van der Waals surface area contributed by atoms with Crippen LogP contribution in [0.2, 0.25) is 10.0 Å². The van der Waals surface area contributed by atoms with Gasteiger partial charge < -0.3 is 15.8 Å². The summed E-state index contributed by atoms with van der Waals surface area (Å²) in [5.41, 5.74) is 5.90. The van der Waals surface area contributed by atoms with Gasteiger partial charge in [0.15, 0.2) is 0 Å². The molecule has 7 heteroatoms. The molecule has 19 heavy (non-hydrogen) atoms. The molecular weight excluding hydrogens is 289 g/mol. The average Bonchev–Trinajstić information content (AvgIpc) is 2.39. The van der Waals surface area contributed by atoms with E-state index in [-0.39, 0.29) is 17.7 Å². The third-order valence-corrected chi connectivity index (χ3v) is 3.42.